The molecular formula is C24H27Cl2FN4. The number of rotatable bonds is 4. The summed E-state index contributed by atoms with van der Waals surface area (Å²) < 4.78 is 16.5. The van der Waals surface area contributed by atoms with Crippen molar-refractivity contribution in [2.24, 2.45) is 11.3 Å². The van der Waals surface area contributed by atoms with E-state index in [-0.39, 0.29) is 11.6 Å². The summed E-state index contributed by atoms with van der Waals surface area (Å²) in [7, 11) is 0. The van der Waals surface area contributed by atoms with Crippen LogP contribution in [0, 0.1) is 17.2 Å². The Morgan fingerprint density at radius 3 is 2.39 bits per heavy atom. The molecule has 0 amide bonds. The van der Waals surface area contributed by atoms with E-state index in [1.165, 1.54) is 6.07 Å². The first-order valence-corrected chi connectivity index (χ1v) is 11.4. The maximum atomic E-state index is 14.8. The van der Waals surface area contributed by atoms with Gasteiger partial charge in [0.05, 0.1) is 10.0 Å². The number of halogens is 3. The molecule has 7 heteroatoms. The van der Waals surface area contributed by atoms with Crippen LogP contribution in [0.15, 0.2) is 42.7 Å². The predicted molar refractivity (Wildman–Crippen MR) is 126 cm³/mol. The van der Waals surface area contributed by atoms with Gasteiger partial charge in [0.25, 0.3) is 0 Å². The van der Waals surface area contributed by atoms with Gasteiger partial charge in [-0.05, 0) is 55.2 Å². The largest absolute Gasteiger partial charge is 0.367 e. The van der Waals surface area contributed by atoms with Gasteiger partial charge in [-0.3, -0.25) is 0 Å². The minimum Gasteiger partial charge on any atom is -0.367 e. The highest BCUT2D eigenvalue weighted by atomic mass is 35.5. The first kappa shape index (κ1) is 22.1. The quantitative estimate of drug-likeness (QED) is 0.440. The van der Waals surface area contributed by atoms with Crippen LogP contribution in [0.25, 0.3) is 16.9 Å². The molecule has 1 N–H and O–H groups in total. The summed E-state index contributed by atoms with van der Waals surface area (Å²) in [5.74, 6) is 1.36. The average Bonchev–Trinajstić information content (AvgIpc) is 3.24. The molecule has 1 aromatic carbocycles. The van der Waals surface area contributed by atoms with Crippen molar-refractivity contribution < 1.29 is 4.39 Å². The molecule has 164 valence electrons. The molecule has 1 fully saturated rings. The topological polar surface area (TPSA) is 42.7 Å². The third kappa shape index (κ3) is 4.73. The Balaban J connectivity index is 1.73. The van der Waals surface area contributed by atoms with Gasteiger partial charge in [0.1, 0.15) is 11.6 Å². The second-order valence-electron chi connectivity index (χ2n) is 9.29. The van der Waals surface area contributed by atoms with E-state index in [9.17, 15) is 4.39 Å². The molecule has 0 unspecified atom stereocenters. The standard InChI is InChI=1S/C24H27Cl2FN4/c1-24(2,3)15-8-10-16(11-9-15)29-23-22(21-17(25)6-4-7-19(21)27)18(26)14-20(30-23)31-13-5-12-28-31/h4-7,12-16H,8-11H2,1-3H3,(H,29,30). The predicted octanol–water partition coefficient (Wildman–Crippen LogP) is 7.40. The molecule has 3 aromatic rings. The molecule has 4 rings (SSSR count). The maximum absolute atomic E-state index is 14.8. The number of aromatic nitrogens is 3. The molecule has 0 radical (unpaired) electrons. The van der Waals surface area contributed by atoms with E-state index in [2.05, 4.69) is 31.2 Å². The molecule has 0 spiro atoms. The van der Waals surface area contributed by atoms with Gasteiger partial charge in [-0.15, -0.1) is 0 Å². The van der Waals surface area contributed by atoms with Crippen LogP contribution in [0.1, 0.15) is 46.5 Å². The SMILES string of the molecule is CC(C)(C)C1CCC(Nc2nc(-n3cccn3)cc(Cl)c2-c2c(F)cccc2Cl)CC1. The average molecular weight is 461 g/mol. The van der Waals surface area contributed by atoms with Crippen LogP contribution < -0.4 is 5.32 Å². The summed E-state index contributed by atoms with van der Waals surface area (Å²) in [5, 5.41) is 8.49. The smallest absolute Gasteiger partial charge is 0.157 e. The fourth-order valence-corrected chi connectivity index (χ4v) is 4.94. The summed E-state index contributed by atoms with van der Waals surface area (Å²) in [5.41, 5.74) is 1.05. The van der Waals surface area contributed by atoms with E-state index < -0.39 is 5.82 Å². The fraction of sp³-hybridized carbons (Fsp3) is 0.417. The Hall–Kier alpha value is -2.11. The molecule has 1 saturated carbocycles. The second-order valence-corrected chi connectivity index (χ2v) is 10.1. The number of hydrogen-bond acceptors (Lipinski definition) is 3. The van der Waals surface area contributed by atoms with Crippen molar-refractivity contribution in [2.45, 2.75) is 52.5 Å². The summed E-state index contributed by atoms with van der Waals surface area (Å²) >= 11 is 13.1. The van der Waals surface area contributed by atoms with Crippen molar-refractivity contribution >= 4 is 29.0 Å². The van der Waals surface area contributed by atoms with Gasteiger partial charge in [0.2, 0.25) is 0 Å². The Kier molecular flexibility index (Phi) is 6.27. The highest BCUT2D eigenvalue weighted by Crippen LogP contribution is 2.42. The monoisotopic (exact) mass is 460 g/mol. The van der Waals surface area contributed by atoms with Gasteiger partial charge in [0.15, 0.2) is 5.82 Å². The van der Waals surface area contributed by atoms with Gasteiger partial charge < -0.3 is 5.32 Å². The summed E-state index contributed by atoms with van der Waals surface area (Å²) in [6.07, 6.45) is 7.81. The number of nitrogens with zero attached hydrogens (tertiary/aromatic N) is 3. The van der Waals surface area contributed by atoms with Gasteiger partial charge in [-0.25, -0.2) is 14.1 Å². The second kappa shape index (κ2) is 8.79. The summed E-state index contributed by atoms with van der Waals surface area (Å²) in [6.45, 7) is 6.91. The molecule has 2 aromatic heterocycles. The highest BCUT2D eigenvalue weighted by Gasteiger charge is 2.30. The number of anilines is 1. The van der Waals surface area contributed by atoms with E-state index in [0.29, 0.717) is 38.6 Å². The summed E-state index contributed by atoms with van der Waals surface area (Å²) in [4.78, 5) is 4.78. The lowest BCUT2D eigenvalue weighted by Crippen LogP contribution is -2.32. The number of hydrogen-bond donors (Lipinski definition) is 1. The molecule has 0 saturated heterocycles. The van der Waals surface area contributed by atoms with Crippen LogP contribution in [0.4, 0.5) is 10.2 Å². The van der Waals surface area contributed by atoms with Crippen LogP contribution in [-0.2, 0) is 0 Å². The lowest BCUT2D eigenvalue weighted by molar-refractivity contribution is 0.173. The first-order chi connectivity index (χ1) is 14.7. The molecule has 1 aliphatic carbocycles. The van der Waals surface area contributed by atoms with Gasteiger partial charge >= 0.3 is 0 Å². The zero-order chi connectivity index (χ0) is 22.2. The van der Waals surface area contributed by atoms with Crippen LogP contribution in [0.3, 0.4) is 0 Å². The van der Waals surface area contributed by atoms with Crippen LogP contribution in [0.5, 0.6) is 0 Å². The lowest BCUT2D eigenvalue weighted by atomic mass is 9.71. The molecule has 0 bridgehead atoms. The third-order valence-electron chi connectivity index (χ3n) is 6.20. The molecule has 1 aliphatic rings. The zero-order valence-electron chi connectivity index (χ0n) is 18.0. The third-order valence-corrected chi connectivity index (χ3v) is 6.82. The Labute approximate surface area is 192 Å². The molecule has 31 heavy (non-hydrogen) atoms. The Morgan fingerprint density at radius 1 is 1.03 bits per heavy atom. The van der Waals surface area contributed by atoms with E-state index in [1.54, 1.807) is 35.3 Å². The van der Waals surface area contributed by atoms with E-state index in [0.717, 1.165) is 25.7 Å². The number of benzene rings is 1. The molecular weight excluding hydrogens is 434 g/mol. The van der Waals surface area contributed by atoms with Crippen molar-refractivity contribution in [1.29, 1.82) is 0 Å². The first-order valence-electron chi connectivity index (χ1n) is 10.7. The van der Waals surface area contributed by atoms with Crippen molar-refractivity contribution in [3.63, 3.8) is 0 Å². The number of nitrogens with one attached hydrogen (secondary N) is 1. The van der Waals surface area contributed by atoms with Crippen molar-refractivity contribution in [3.05, 3.63) is 58.6 Å². The number of pyridine rings is 1. The van der Waals surface area contributed by atoms with Gasteiger partial charge in [-0.1, -0.05) is 50.0 Å². The van der Waals surface area contributed by atoms with E-state index >= 15 is 0 Å². The Bertz CT molecular complexity index is 1030. The fourth-order valence-electron chi connectivity index (χ4n) is 4.40. The van der Waals surface area contributed by atoms with Gasteiger partial charge in [0, 0.05) is 35.6 Å². The van der Waals surface area contributed by atoms with Crippen molar-refractivity contribution in [2.75, 3.05) is 5.32 Å². The van der Waals surface area contributed by atoms with Crippen LogP contribution >= 0.6 is 23.2 Å². The van der Waals surface area contributed by atoms with E-state index in [4.69, 9.17) is 28.2 Å². The molecule has 0 atom stereocenters. The highest BCUT2D eigenvalue weighted by molar-refractivity contribution is 6.37. The van der Waals surface area contributed by atoms with Crippen molar-refractivity contribution in [1.82, 2.24) is 14.8 Å². The molecule has 2 heterocycles. The molecule has 0 aliphatic heterocycles. The normalized spacial score (nSPS) is 19.4. The van der Waals surface area contributed by atoms with Crippen LogP contribution in [-0.4, -0.2) is 20.8 Å². The Morgan fingerprint density at radius 2 is 1.77 bits per heavy atom. The molecule has 4 nitrogen and oxygen atoms in total. The van der Waals surface area contributed by atoms with Crippen LogP contribution in [0.2, 0.25) is 10.0 Å². The van der Waals surface area contributed by atoms with Crippen molar-refractivity contribution in [3.8, 4) is 16.9 Å². The summed E-state index contributed by atoms with van der Waals surface area (Å²) in [6, 6.07) is 8.38. The van der Waals surface area contributed by atoms with E-state index in [1.807, 2.05) is 6.07 Å². The minimum atomic E-state index is -0.428. The zero-order valence-corrected chi connectivity index (χ0v) is 19.5. The lowest BCUT2D eigenvalue weighted by Gasteiger charge is -2.37. The maximum Gasteiger partial charge on any atom is 0.157 e. The van der Waals surface area contributed by atoms with Gasteiger partial charge in [-0.2, -0.15) is 5.10 Å². The minimum absolute atomic E-state index is 0.235.